The maximum absolute atomic E-state index is 14.2. The minimum absolute atomic E-state index is 0.0413. The van der Waals surface area contributed by atoms with Crippen LogP contribution in [0.2, 0.25) is 0 Å². The molecule has 3 rings (SSSR count). The van der Waals surface area contributed by atoms with Crippen LogP contribution >= 0.6 is 34.8 Å². The molecule has 3 aromatic rings. The second-order valence-electron chi connectivity index (χ2n) is 6.36. The summed E-state index contributed by atoms with van der Waals surface area (Å²) in [7, 11) is 0. The lowest BCUT2D eigenvalue weighted by molar-refractivity contribution is 0.0397. The molecule has 2 aromatic carbocycles. The zero-order valence-corrected chi connectivity index (χ0v) is 17.3. The summed E-state index contributed by atoms with van der Waals surface area (Å²) < 4.78 is 27.5. The zero-order valence-electron chi connectivity index (χ0n) is 15.0. The van der Waals surface area contributed by atoms with Gasteiger partial charge in [-0.3, -0.25) is 0 Å². The van der Waals surface area contributed by atoms with Gasteiger partial charge in [-0.15, -0.1) is 11.7 Å². The zero-order chi connectivity index (χ0) is 21.2. The Labute approximate surface area is 181 Å². The molecule has 0 saturated carbocycles. The van der Waals surface area contributed by atoms with E-state index in [9.17, 15) is 13.9 Å². The van der Waals surface area contributed by atoms with Gasteiger partial charge < -0.3 is 5.11 Å². The van der Waals surface area contributed by atoms with E-state index in [-0.39, 0.29) is 29.9 Å². The second-order valence-corrected chi connectivity index (χ2v) is 8.64. The maximum atomic E-state index is 14.2. The van der Waals surface area contributed by atoms with Crippen LogP contribution in [0.5, 0.6) is 0 Å². The van der Waals surface area contributed by atoms with Crippen LogP contribution in [0, 0.1) is 11.6 Å². The fourth-order valence-electron chi connectivity index (χ4n) is 2.97. The summed E-state index contributed by atoms with van der Waals surface area (Å²) >= 11 is 18.2. The normalized spacial score (nSPS) is 13.9. The number of aliphatic hydroxyl groups is 1. The first-order chi connectivity index (χ1) is 13.7. The third-order valence-electron chi connectivity index (χ3n) is 4.45. The van der Waals surface area contributed by atoms with Crippen molar-refractivity contribution in [3.63, 3.8) is 0 Å². The molecule has 1 unspecified atom stereocenters. The monoisotopic (exact) mass is 457 g/mol. The molecule has 1 aromatic heterocycles. The summed E-state index contributed by atoms with van der Waals surface area (Å²) in [6.45, 7) is 3.32. The summed E-state index contributed by atoms with van der Waals surface area (Å²) in [5.74, 6) is -1.47. The van der Waals surface area contributed by atoms with Gasteiger partial charge in [0.25, 0.3) is 0 Å². The number of aromatic nitrogens is 3. The highest BCUT2D eigenvalue weighted by Crippen LogP contribution is 2.49. The second kappa shape index (κ2) is 8.40. The van der Waals surface area contributed by atoms with Gasteiger partial charge in [0, 0.05) is 17.5 Å². The fraction of sp³-hybridized carbons (Fsp3) is 0.200. The largest absolute Gasteiger partial charge is 0.379 e. The van der Waals surface area contributed by atoms with Crippen LogP contribution in [0.4, 0.5) is 8.78 Å². The fourth-order valence-corrected chi connectivity index (χ4v) is 3.47. The van der Waals surface area contributed by atoms with Crippen LogP contribution in [0.1, 0.15) is 17.7 Å². The highest BCUT2D eigenvalue weighted by atomic mass is 35.6. The molecule has 0 amide bonds. The number of alkyl halides is 3. The first-order valence-corrected chi connectivity index (χ1v) is 9.64. The predicted octanol–water partition coefficient (Wildman–Crippen LogP) is 5.41. The molecule has 152 valence electrons. The Balaban J connectivity index is 2.23. The average molecular weight is 459 g/mol. The summed E-state index contributed by atoms with van der Waals surface area (Å²) in [4.78, 5) is 0. The molecule has 0 aliphatic carbocycles. The Bertz CT molecular complexity index is 1000. The van der Waals surface area contributed by atoms with Crippen molar-refractivity contribution >= 4 is 34.8 Å². The van der Waals surface area contributed by atoms with Gasteiger partial charge >= 0.3 is 0 Å². The molecular weight excluding hydrogens is 443 g/mol. The van der Waals surface area contributed by atoms with E-state index in [4.69, 9.17) is 34.8 Å². The van der Waals surface area contributed by atoms with Crippen LogP contribution in [-0.4, -0.2) is 23.9 Å². The standard InChI is InChI=1S/C20H16Cl3F2N3O/c1-2-11-19(29,20(21,22)23)18-17(13-7-4-3-5-8-13)28(27-26-18)12-14-15(24)9-6-10-16(14)25/h2-10,29H,1,11-12H2. The Hall–Kier alpha value is -1.99. The van der Waals surface area contributed by atoms with Crippen LogP contribution in [0.15, 0.2) is 61.2 Å². The number of nitrogens with zero attached hydrogens (tertiary/aromatic N) is 3. The molecule has 4 nitrogen and oxygen atoms in total. The molecule has 1 heterocycles. The van der Waals surface area contributed by atoms with Gasteiger partial charge in [-0.1, -0.05) is 82.5 Å². The van der Waals surface area contributed by atoms with Crippen molar-refractivity contribution in [3.8, 4) is 11.3 Å². The highest BCUT2D eigenvalue weighted by Gasteiger charge is 2.51. The smallest absolute Gasteiger partial charge is 0.224 e. The van der Waals surface area contributed by atoms with Gasteiger partial charge in [0.15, 0.2) is 5.60 Å². The molecule has 0 aliphatic rings. The minimum atomic E-state index is -2.17. The SMILES string of the molecule is C=CCC(O)(c1nnn(Cc2c(F)cccc2F)c1-c1ccccc1)C(Cl)(Cl)Cl. The molecule has 0 bridgehead atoms. The average Bonchev–Trinajstić information content (AvgIpc) is 3.09. The van der Waals surface area contributed by atoms with Crippen molar-refractivity contribution in [2.24, 2.45) is 0 Å². The Morgan fingerprint density at radius 3 is 2.21 bits per heavy atom. The number of halogens is 5. The number of hydrogen-bond donors (Lipinski definition) is 1. The third kappa shape index (κ3) is 4.16. The molecule has 0 aliphatic heterocycles. The van der Waals surface area contributed by atoms with E-state index in [1.54, 1.807) is 30.3 Å². The molecule has 0 saturated heterocycles. The van der Waals surface area contributed by atoms with Gasteiger partial charge in [-0.05, 0) is 12.1 Å². The van der Waals surface area contributed by atoms with Gasteiger partial charge in [0.2, 0.25) is 3.79 Å². The van der Waals surface area contributed by atoms with Crippen LogP contribution < -0.4 is 0 Å². The molecular formula is C20H16Cl3F2N3O. The van der Waals surface area contributed by atoms with Gasteiger partial charge in [0.1, 0.15) is 17.3 Å². The van der Waals surface area contributed by atoms with E-state index >= 15 is 0 Å². The lowest BCUT2D eigenvalue weighted by atomic mass is 9.93. The summed E-state index contributed by atoms with van der Waals surface area (Å²) in [6, 6.07) is 12.3. The van der Waals surface area contributed by atoms with Crippen molar-refractivity contribution in [1.82, 2.24) is 15.0 Å². The molecule has 9 heteroatoms. The van der Waals surface area contributed by atoms with E-state index in [2.05, 4.69) is 16.9 Å². The number of hydrogen-bond acceptors (Lipinski definition) is 3. The highest BCUT2D eigenvalue weighted by molar-refractivity contribution is 6.68. The van der Waals surface area contributed by atoms with Crippen LogP contribution in [0.25, 0.3) is 11.3 Å². The predicted molar refractivity (Wildman–Crippen MR) is 110 cm³/mol. The first kappa shape index (κ1) is 21.7. The number of rotatable bonds is 6. The first-order valence-electron chi connectivity index (χ1n) is 8.51. The van der Waals surface area contributed by atoms with Crippen molar-refractivity contribution in [3.05, 3.63) is 84.1 Å². The van der Waals surface area contributed by atoms with E-state index in [1.807, 2.05) is 0 Å². The summed E-state index contributed by atoms with van der Waals surface area (Å²) in [5.41, 5.74) is -1.48. The van der Waals surface area contributed by atoms with Crippen molar-refractivity contribution in [2.75, 3.05) is 0 Å². The van der Waals surface area contributed by atoms with Gasteiger partial charge in [-0.25, -0.2) is 13.5 Å². The molecule has 0 radical (unpaired) electrons. The van der Waals surface area contributed by atoms with Crippen molar-refractivity contribution in [1.29, 1.82) is 0 Å². The van der Waals surface area contributed by atoms with Crippen molar-refractivity contribution in [2.45, 2.75) is 22.4 Å². The molecule has 29 heavy (non-hydrogen) atoms. The van der Waals surface area contributed by atoms with E-state index < -0.39 is 21.0 Å². The van der Waals surface area contributed by atoms with Crippen molar-refractivity contribution < 1.29 is 13.9 Å². The Kier molecular flexibility index (Phi) is 6.29. The van der Waals surface area contributed by atoms with Crippen LogP contribution in [-0.2, 0) is 12.1 Å². The molecule has 0 fully saturated rings. The van der Waals surface area contributed by atoms with E-state index in [0.717, 1.165) is 12.1 Å². The van der Waals surface area contributed by atoms with E-state index in [0.29, 0.717) is 5.56 Å². The third-order valence-corrected chi connectivity index (χ3v) is 5.39. The van der Waals surface area contributed by atoms with Gasteiger partial charge in [-0.2, -0.15) is 0 Å². The quantitative estimate of drug-likeness (QED) is 0.397. The van der Waals surface area contributed by atoms with Gasteiger partial charge in [0.05, 0.1) is 12.2 Å². The molecule has 0 spiro atoms. The Morgan fingerprint density at radius 1 is 1.03 bits per heavy atom. The maximum Gasteiger partial charge on any atom is 0.224 e. The molecule has 1 N–H and O–H groups in total. The van der Waals surface area contributed by atoms with E-state index in [1.165, 1.54) is 16.8 Å². The lowest BCUT2D eigenvalue weighted by Crippen LogP contribution is -2.40. The summed E-state index contributed by atoms with van der Waals surface area (Å²) in [6.07, 6.45) is 1.24. The lowest BCUT2D eigenvalue weighted by Gasteiger charge is -2.32. The Morgan fingerprint density at radius 2 is 1.66 bits per heavy atom. The van der Waals surface area contributed by atoms with Crippen LogP contribution in [0.3, 0.4) is 0 Å². The number of benzene rings is 2. The topological polar surface area (TPSA) is 50.9 Å². The molecule has 1 atom stereocenters. The summed E-state index contributed by atoms with van der Waals surface area (Å²) in [5, 5.41) is 19.2. The minimum Gasteiger partial charge on any atom is -0.379 e.